The van der Waals surface area contributed by atoms with Crippen LogP contribution in [0.2, 0.25) is 0 Å². The summed E-state index contributed by atoms with van der Waals surface area (Å²) in [5, 5.41) is 13.4. The summed E-state index contributed by atoms with van der Waals surface area (Å²) in [4.78, 5) is 10.5. The number of carboxylic acid groups (broad SMARTS) is 1. The van der Waals surface area contributed by atoms with Crippen molar-refractivity contribution >= 4 is 16.2 Å². The van der Waals surface area contributed by atoms with Gasteiger partial charge >= 0.3 is 5.97 Å². The van der Waals surface area contributed by atoms with Crippen molar-refractivity contribution in [2.75, 3.05) is 13.1 Å². The molecule has 1 saturated heterocycles. The van der Waals surface area contributed by atoms with E-state index in [1.54, 1.807) is 6.92 Å². The fourth-order valence-electron chi connectivity index (χ4n) is 1.20. The van der Waals surface area contributed by atoms with E-state index in [2.05, 4.69) is 0 Å². The summed E-state index contributed by atoms with van der Waals surface area (Å²) in [6.45, 7) is 1.99. The second-order valence-electron chi connectivity index (χ2n) is 3.25. The summed E-state index contributed by atoms with van der Waals surface area (Å²) in [6.07, 6.45) is 0. The van der Waals surface area contributed by atoms with Crippen molar-refractivity contribution in [1.29, 1.82) is 0 Å². The molecule has 0 spiro atoms. The van der Waals surface area contributed by atoms with Crippen molar-refractivity contribution < 1.29 is 18.3 Å². The van der Waals surface area contributed by atoms with Crippen LogP contribution in [0.5, 0.6) is 0 Å². The first kappa shape index (κ1) is 10.4. The predicted octanol–water partition coefficient (Wildman–Crippen LogP) is -1.16. The number of carbonyl (C=O) groups is 1. The summed E-state index contributed by atoms with van der Waals surface area (Å²) >= 11 is 0. The Kier molecular flexibility index (Phi) is 2.60. The molecule has 13 heavy (non-hydrogen) atoms. The van der Waals surface area contributed by atoms with E-state index in [-0.39, 0.29) is 19.0 Å². The van der Waals surface area contributed by atoms with E-state index in [1.165, 1.54) is 0 Å². The minimum Gasteiger partial charge on any atom is -0.481 e. The van der Waals surface area contributed by atoms with E-state index in [0.29, 0.717) is 0 Å². The average Bonchev–Trinajstić information content (AvgIpc) is 1.79. The molecule has 1 unspecified atom stereocenters. The summed E-state index contributed by atoms with van der Waals surface area (Å²) in [5.74, 6) is -1.53. The van der Waals surface area contributed by atoms with Crippen molar-refractivity contribution in [2.45, 2.75) is 6.92 Å². The van der Waals surface area contributed by atoms with Crippen molar-refractivity contribution in [1.82, 2.24) is 4.31 Å². The SMILES string of the molecule is CC(C(=O)O)C1CN(S(N)(=O)=O)C1. The van der Waals surface area contributed by atoms with Gasteiger partial charge in [-0.2, -0.15) is 12.7 Å². The third kappa shape index (κ3) is 2.17. The van der Waals surface area contributed by atoms with Crippen LogP contribution >= 0.6 is 0 Å². The lowest BCUT2D eigenvalue weighted by atomic mass is 9.89. The predicted molar refractivity (Wildman–Crippen MR) is 45.0 cm³/mol. The van der Waals surface area contributed by atoms with Gasteiger partial charge in [-0.25, -0.2) is 5.14 Å². The highest BCUT2D eigenvalue weighted by Gasteiger charge is 2.39. The molecule has 0 bridgehead atoms. The zero-order valence-corrected chi connectivity index (χ0v) is 7.99. The second kappa shape index (κ2) is 3.24. The van der Waals surface area contributed by atoms with Crippen molar-refractivity contribution in [3.05, 3.63) is 0 Å². The quantitative estimate of drug-likeness (QED) is 0.611. The van der Waals surface area contributed by atoms with Gasteiger partial charge in [-0.05, 0) is 5.92 Å². The molecule has 0 aliphatic carbocycles. The molecule has 7 heteroatoms. The van der Waals surface area contributed by atoms with Gasteiger partial charge in [0.1, 0.15) is 0 Å². The summed E-state index contributed by atoms with van der Waals surface area (Å²) in [5.41, 5.74) is 0. The van der Waals surface area contributed by atoms with E-state index in [4.69, 9.17) is 10.2 Å². The van der Waals surface area contributed by atoms with Gasteiger partial charge in [0.05, 0.1) is 5.92 Å². The van der Waals surface area contributed by atoms with Crippen LogP contribution in [0.4, 0.5) is 0 Å². The fourth-order valence-corrected chi connectivity index (χ4v) is 1.99. The number of hydrogen-bond donors (Lipinski definition) is 2. The van der Waals surface area contributed by atoms with Crippen molar-refractivity contribution in [3.8, 4) is 0 Å². The van der Waals surface area contributed by atoms with Gasteiger partial charge in [-0.15, -0.1) is 0 Å². The summed E-state index contributed by atoms with van der Waals surface area (Å²) in [7, 11) is -3.62. The normalized spacial score (nSPS) is 22.3. The molecule has 1 aliphatic rings. The van der Waals surface area contributed by atoms with E-state index < -0.39 is 22.1 Å². The third-order valence-electron chi connectivity index (χ3n) is 2.33. The molecule has 76 valence electrons. The Morgan fingerprint density at radius 2 is 2.08 bits per heavy atom. The van der Waals surface area contributed by atoms with Crippen LogP contribution in [0, 0.1) is 11.8 Å². The van der Waals surface area contributed by atoms with E-state index in [1.807, 2.05) is 0 Å². The standard InChI is InChI=1S/C6H12N2O4S/c1-4(6(9)10)5-2-8(3-5)13(7,11)12/h4-5H,2-3H2,1H3,(H,9,10)(H2,7,11,12). The smallest absolute Gasteiger partial charge is 0.306 e. The molecule has 3 N–H and O–H groups in total. The highest BCUT2D eigenvalue weighted by atomic mass is 32.2. The molecule has 1 rings (SSSR count). The second-order valence-corrected chi connectivity index (χ2v) is 4.80. The first-order chi connectivity index (χ1) is 5.82. The van der Waals surface area contributed by atoms with E-state index in [0.717, 1.165) is 4.31 Å². The fraction of sp³-hybridized carbons (Fsp3) is 0.833. The summed E-state index contributed by atoms with van der Waals surface area (Å²) < 4.78 is 22.5. The Bertz CT molecular complexity index is 307. The van der Waals surface area contributed by atoms with Crippen LogP contribution in [0.1, 0.15) is 6.92 Å². The lowest BCUT2D eigenvalue weighted by Gasteiger charge is -2.38. The summed E-state index contributed by atoms with van der Waals surface area (Å²) in [6, 6.07) is 0. The lowest BCUT2D eigenvalue weighted by molar-refractivity contribution is -0.144. The monoisotopic (exact) mass is 208 g/mol. The van der Waals surface area contributed by atoms with Gasteiger partial charge in [0, 0.05) is 13.1 Å². The Morgan fingerprint density at radius 1 is 1.62 bits per heavy atom. The minimum absolute atomic E-state index is 0.115. The number of hydrogen-bond acceptors (Lipinski definition) is 3. The molecule has 0 radical (unpaired) electrons. The molecule has 6 nitrogen and oxygen atoms in total. The minimum atomic E-state index is -3.62. The van der Waals surface area contributed by atoms with Crippen LogP contribution in [0.25, 0.3) is 0 Å². The number of nitrogens with two attached hydrogens (primary N) is 1. The van der Waals surface area contributed by atoms with Crippen LogP contribution in [0.3, 0.4) is 0 Å². The topological polar surface area (TPSA) is 101 Å². The van der Waals surface area contributed by atoms with Gasteiger partial charge in [-0.1, -0.05) is 6.92 Å². The maximum absolute atomic E-state index is 10.7. The van der Waals surface area contributed by atoms with Crippen LogP contribution < -0.4 is 5.14 Å². The first-order valence-electron chi connectivity index (χ1n) is 3.83. The number of aliphatic carboxylic acids is 1. The van der Waals surface area contributed by atoms with Gasteiger partial charge in [0.2, 0.25) is 0 Å². The highest BCUT2D eigenvalue weighted by molar-refractivity contribution is 7.86. The molecule has 1 heterocycles. The van der Waals surface area contributed by atoms with E-state index in [9.17, 15) is 13.2 Å². The zero-order chi connectivity index (χ0) is 10.2. The third-order valence-corrected chi connectivity index (χ3v) is 3.35. The molecule has 0 amide bonds. The molecule has 0 aromatic rings. The van der Waals surface area contributed by atoms with Gasteiger partial charge in [-0.3, -0.25) is 4.79 Å². The van der Waals surface area contributed by atoms with E-state index >= 15 is 0 Å². The van der Waals surface area contributed by atoms with Gasteiger partial charge < -0.3 is 5.11 Å². The molecule has 0 saturated carbocycles. The maximum Gasteiger partial charge on any atom is 0.306 e. The molecule has 1 atom stereocenters. The number of rotatable bonds is 3. The van der Waals surface area contributed by atoms with Gasteiger partial charge in [0.25, 0.3) is 10.2 Å². The van der Waals surface area contributed by atoms with Crippen molar-refractivity contribution in [3.63, 3.8) is 0 Å². The molecule has 0 aromatic heterocycles. The Balaban J connectivity index is 2.47. The van der Waals surface area contributed by atoms with Crippen LogP contribution in [-0.2, 0) is 15.0 Å². The largest absolute Gasteiger partial charge is 0.481 e. The van der Waals surface area contributed by atoms with Gasteiger partial charge in [0.15, 0.2) is 0 Å². The molecule has 1 fully saturated rings. The molecular formula is C6H12N2O4S. The van der Waals surface area contributed by atoms with Crippen LogP contribution in [0.15, 0.2) is 0 Å². The highest BCUT2D eigenvalue weighted by Crippen LogP contribution is 2.25. The maximum atomic E-state index is 10.7. The first-order valence-corrected chi connectivity index (χ1v) is 5.33. The Labute approximate surface area is 76.5 Å². The Morgan fingerprint density at radius 3 is 2.38 bits per heavy atom. The number of carboxylic acids is 1. The molecule has 1 aliphatic heterocycles. The number of nitrogens with zero attached hydrogens (tertiary/aromatic N) is 1. The zero-order valence-electron chi connectivity index (χ0n) is 7.17. The molecular weight excluding hydrogens is 196 g/mol. The average molecular weight is 208 g/mol. The molecule has 0 aromatic carbocycles. The Hall–Kier alpha value is -0.660. The van der Waals surface area contributed by atoms with Crippen molar-refractivity contribution in [2.24, 2.45) is 17.0 Å². The lowest BCUT2D eigenvalue weighted by Crippen LogP contribution is -2.55. The van der Waals surface area contributed by atoms with Crippen LogP contribution in [-0.4, -0.2) is 36.9 Å².